The number of anilines is 1. The summed E-state index contributed by atoms with van der Waals surface area (Å²) in [4.78, 5) is 19.3. The minimum absolute atomic E-state index is 0.0121. The fourth-order valence-electron chi connectivity index (χ4n) is 3.11. The summed E-state index contributed by atoms with van der Waals surface area (Å²) >= 11 is 0.943. The van der Waals surface area contributed by atoms with E-state index in [9.17, 15) is 18.0 Å². The van der Waals surface area contributed by atoms with Crippen LogP contribution in [0.1, 0.15) is 31.4 Å². The number of carbonyl (C=O) groups excluding carboxylic acids is 1. The van der Waals surface area contributed by atoms with Crippen LogP contribution in [-0.2, 0) is 11.0 Å². The number of thiazole rings is 1. The van der Waals surface area contributed by atoms with Crippen molar-refractivity contribution in [1.29, 1.82) is 0 Å². The van der Waals surface area contributed by atoms with Gasteiger partial charge < -0.3 is 9.80 Å². The number of alkyl halides is 3. The zero-order chi connectivity index (χ0) is 15.7. The summed E-state index contributed by atoms with van der Waals surface area (Å²) in [7, 11) is 0. The highest BCUT2D eigenvalue weighted by Crippen LogP contribution is 2.33. The third-order valence-corrected chi connectivity index (χ3v) is 5.23. The van der Waals surface area contributed by atoms with E-state index in [1.165, 1.54) is 25.7 Å². The summed E-state index contributed by atoms with van der Waals surface area (Å²) in [5, 5.41) is 1.28. The maximum absolute atomic E-state index is 12.6. The molecule has 4 nitrogen and oxygen atoms in total. The number of halogens is 3. The Morgan fingerprint density at radius 1 is 1.27 bits per heavy atom. The van der Waals surface area contributed by atoms with Crippen LogP contribution in [-0.4, -0.2) is 42.0 Å². The summed E-state index contributed by atoms with van der Waals surface area (Å²) in [6.45, 7) is 2.02. The lowest BCUT2D eigenvalue weighted by atomic mass is 10.1. The van der Waals surface area contributed by atoms with Crippen molar-refractivity contribution in [3.63, 3.8) is 0 Å². The average Bonchev–Trinajstić information content (AvgIpc) is 3.11. The number of carbonyl (C=O) groups is 1. The van der Waals surface area contributed by atoms with Gasteiger partial charge in [0.15, 0.2) is 10.8 Å². The van der Waals surface area contributed by atoms with Gasteiger partial charge in [-0.2, -0.15) is 13.2 Å². The predicted octanol–water partition coefficient (Wildman–Crippen LogP) is 3.00. The van der Waals surface area contributed by atoms with Crippen LogP contribution in [0, 0.1) is 5.92 Å². The van der Waals surface area contributed by atoms with E-state index in [4.69, 9.17) is 0 Å². The second kappa shape index (κ2) is 6.06. The van der Waals surface area contributed by atoms with Gasteiger partial charge in [-0.3, -0.25) is 4.79 Å². The number of piperazine rings is 1. The van der Waals surface area contributed by atoms with Crippen LogP contribution in [0.4, 0.5) is 18.3 Å². The molecule has 0 aromatic carbocycles. The Balaban J connectivity index is 1.59. The Bertz CT molecular complexity index is 540. The van der Waals surface area contributed by atoms with Crippen LogP contribution in [0.2, 0.25) is 0 Å². The lowest BCUT2D eigenvalue weighted by molar-refractivity contribution is -0.140. The summed E-state index contributed by atoms with van der Waals surface area (Å²) in [6.07, 6.45) is 0.392. The molecular formula is C14H18F3N3OS. The molecule has 1 saturated carbocycles. The van der Waals surface area contributed by atoms with Crippen LogP contribution in [0.3, 0.4) is 0 Å². The van der Waals surface area contributed by atoms with Gasteiger partial charge in [-0.05, 0) is 18.8 Å². The molecule has 2 heterocycles. The lowest BCUT2D eigenvalue weighted by Gasteiger charge is -2.35. The van der Waals surface area contributed by atoms with Crippen LogP contribution in [0.25, 0.3) is 0 Å². The van der Waals surface area contributed by atoms with E-state index in [1.54, 1.807) is 4.90 Å². The van der Waals surface area contributed by atoms with E-state index >= 15 is 0 Å². The van der Waals surface area contributed by atoms with Crippen LogP contribution >= 0.6 is 11.3 Å². The van der Waals surface area contributed by atoms with Gasteiger partial charge in [0.2, 0.25) is 5.91 Å². The maximum Gasteiger partial charge on any atom is 0.434 e. The summed E-state index contributed by atoms with van der Waals surface area (Å²) in [6, 6.07) is 0. The number of hydrogen-bond acceptors (Lipinski definition) is 4. The molecule has 0 radical (unpaired) electrons. The van der Waals surface area contributed by atoms with Crippen molar-refractivity contribution in [2.45, 2.75) is 31.9 Å². The number of hydrogen-bond donors (Lipinski definition) is 0. The predicted molar refractivity (Wildman–Crippen MR) is 77.9 cm³/mol. The lowest BCUT2D eigenvalue weighted by Crippen LogP contribution is -2.51. The van der Waals surface area contributed by atoms with Crippen molar-refractivity contribution >= 4 is 22.4 Å². The van der Waals surface area contributed by atoms with E-state index in [-0.39, 0.29) is 17.6 Å². The standard InChI is InChI=1S/C14H18F3N3OS/c15-14(16,17)11-9-22-13(18-11)20-6-5-19(12(21)8-20)7-10-3-1-2-4-10/h9-10H,1-8H2. The highest BCUT2D eigenvalue weighted by atomic mass is 32.1. The molecule has 2 fully saturated rings. The second-order valence-electron chi connectivity index (χ2n) is 5.92. The molecule has 1 aromatic rings. The maximum atomic E-state index is 12.6. The van der Waals surface area contributed by atoms with Gasteiger partial charge >= 0.3 is 6.18 Å². The summed E-state index contributed by atoms with van der Waals surface area (Å²) in [5.74, 6) is 0.578. The SMILES string of the molecule is O=C1CN(c2nc(C(F)(F)F)cs2)CCN1CC1CCCC1. The summed E-state index contributed by atoms with van der Waals surface area (Å²) in [5.41, 5.74) is -0.881. The monoisotopic (exact) mass is 333 g/mol. The van der Waals surface area contributed by atoms with Gasteiger partial charge in [0.05, 0.1) is 6.54 Å². The van der Waals surface area contributed by atoms with Crippen molar-refractivity contribution in [1.82, 2.24) is 9.88 Å². The molecule has 2 aliphatic rings. The molecule has 8 heteroatoms. The molecule has 0 bridgehead atoms. The first-order chi connectivity index (χ1) is 10.4. The first-order valence-corrected chi connectivity index (χ1v) is 8.37. The molecule has 1 amide bonds. The molecule has 1 aromatic heterocycles. The van der Waals surface area contributed by atoms with Crippen LogP contribution < -0.4 is 4.90 Å². The largest absolute Gasteiger partial charge is 0.434 e. The van der Waals surface area contributed by atoms with Gasteiger partial charge in [0.25, 0.3) is 0 Å². The Kier molecular flexibility index (Phi) is 4.29. The topological polar surface area (TPSA) is 36.4 Å². The Morgan fingerprint density at radius 2 is 2.00 bits per heavy atom. The van der Waals surface area contributed by atoms with Gasteiger partial charge in [-0.15, -0.1) is 11.3 Å². The Morgan fingerprint density at radius 3 is 2.59 bits per heavy atom. The first kappa shape index (κ1) is 15.6. The third kappa shape index (κ3) is 3.37. The molecule has 1 aliphatic heterocycles. The molecule has 1 aliphatic carbocycles. The molecule has 0 unspecified atom stereocenters. The molecule has 1 saturated heterocycles. The molecule has 22 heavy (non-hydrogen) atoms. The molecule has 0 spiro atoms. The smallest absolute Gasteiger partial charge is 0.339 e. The number of nitrogens with zero attached hydrogens (tertiary/aromatic N) is 3. The fraction of sp³-hybridized carbons (Fsp3) is 0.714. The minimum Gasteiger partial charge on any atom is -0.339 e. The fourth-order valence-corrected chi connectivity index (χ4v) is 3.97. The van der Waals surface area contributed by atoms with Gasteiger partial charge in [0.1, 0.15) is 0 Å². The van der Waals surface area contributed by atoms with Crippen molar-refractivity contribution < 1.29 is 18.0 Å². The highest BCUT2D eigenvalue weighted by Gasteiger charge is 2.35. The zero-order valence-corrected chi connectivity index (χ0v) is 12.9. The van der Waals surface area contributed by atoms with Gasteiger partial charge in [0, 0.05) is 25.0 Å². The van der Waals surface area contributed by atoms with Crippen molar-refractivity contribution in [2.75, 3.05) is 31.1 Å². The van der Waals surface area contributed by atoms with E-state index < -0.39 is 11.9 Å². The van der Waals surface area contributed by atoms with Crippen LogP contribution in [0.5, 0.6) is 0 Å². The quantitative estimate of drug-likeness (QED) is 0.853. The molecular weight excluding hydrogens is 315 g/mol. The van der Waals surface area contributed by atoms with Crippen LogP contribution in [0.15, 0.2) is 5.38 Å². The molecule has 3 rings (SSSR count). The zero-order valence-electron chi connectivity index (χ0n) is 12.1. The normalized spacial score (nSPS) is 21.0. The van der Waals surface area contributed by atoms with E-state index in [0.29, 0.717) is 19.0 Å². The van der Waals surface area contributed by atoms with E-state index in [0.717, 1.165) is 23.3 Å². The molecule has 122 valence electrons. The molecule has 0 N–H and O–H groups in total. The Hall–Kier alpha value is -1.31. The number of aromatic nitrogens is 1. The van der Waals surface area contributed by atoms with Gasteiger partial charge in [-0.1, -0.05) is 12.8 Å². The Labute approximate surface area is 130 Å². The number of amides is 1. The summed E-state index contributed by atoms with van der Waals surface area (Å²) < 4.78 is 37.8. The number of rotatable bonds is 3. The first-order valence-electron chi connectivity index (χ1n) is 7.49. The van der Waals surface area contributed by atoms with Crippen molar-refractivity contribution in [2.24, 2.45) is 5.92 Å². The third-order valence-electron chi connectivity index (χ3n) is 4.33. The molecule has 0 atom stereocenters. The van der Waals surface area contributed by atoms with Gasteiger partial charge in [-0.25, -0.2) is 4.98 Å². The van der Waals surface area contributed by atoms with E-state index in [2.05, 4.69) is 4.98 Å². The minimum atomic E-state index is -4.43. The van der Waals surface area contributed by atoms with Crippen molar-refractivity contribution in [3.8, 4) is 0 Å². The second-order valence-corrected chi connectivity index (χ2v) is 6.76. The van der Waals surface area contributed by atoms with E-state index in [1.807, 2.05) is 4.90 Å². The highest BCUT2D eigenvalue weighted by molar-refractivity contribution is 7.13. The average molecular weight is 333 g/mol. The van der Waals surface area contributed by atoms with Crippen molar-refractivity contribution in [3.05, 3.63) is 11.1 Å².